The van der Waals surface area contributed by atoms with Gasteiger partial charge in [0.15, 0.2) is 0 Å². The average Bonchev–Trinajstić information content (AvgIpc) is 3.92. The molecule has 0 atom stereocenters. The Kier molecular flexibility index (Phi) is 4.49. The zero-order valence-electron chi connectivity index (χ0n) is 35.0. The number of rotatable bonds is 4. The molecular weight excluding hydrogens is 621 g/mol. The highest BCUT2D eigenvalue weighted by Gasteiger charge is 2.19. The molecule has 11 rings (SSSR count). The minimum atomic E-state index is -0.291. The van der Waals surface area contributed by atoms with E-state index in [4.69, 9.17) is 16.0 Å². The normalized spacial score (nSPS) is 14.1. The summed E-state index contributed by atoms with van der Waals surface area (Å²) >= 11 is 0. The first-order chi connectivity index (χ1) is 28.7. The van der Waals surface area contributed by atoms with Gasteiger partial charge in [0.25, 0.3) is 0 Å². The van der Waals surface area contributed by atoms with Crippen molar-refractivity contribution in [2.24, 2.45) is 0 Å². The largest absolute Gasteiger partial charge is 0.309 e. The summed E-state index contributed by atoms with van der Waals surface area (Å²) in [6.45, 7) is 0. The lowest BCUT2D eigenvalue weighted by Gasteiger charge is -2.15. The SMILES string of the molecule is [2H]c1c([2H])c([2H])c2c(c1[2H])c1ccccc1n2-c1cnc2c(c1)c1ccccc1n2-c1cccc(-c2ccccc2-n2c3ccccc3c3c([2H])c([2H])c([2H])c([2H])c32)c1. The Morgan fingerprint density at radius 3 is 1.71 bits per heavy atom. The molecule has 238 valence electrons. The maximum Gasteiger partial charge on any atom is 0.145 e. The Balaban J connectivity index is 1.13. The molecule has 51 heavy (non-hydrogen) atoms. The van der Waals surface area contributed by atoms with Gasteiger partial charge in [-0.05, 0) is 60.1 Å². The predicted octanol–water partition coefficient (Wildman–Crippen LogP) is 12.0. The van der Waals surface area contributed by atoms with E-state index in [1.165, 1.54) is 0 Å². The van der Waals surface area contributed by atoms with Crippen LogP contribution in [-0.2, 0) is 0 Å². The number of fused-ring (bicyclic) bond motifs is 9. The number of nitrogens with zero attached hydrogens (tertiary/aromatic N) is 4. The van der Waals surface area contributed by atoms with Crippen molar-refractivity contribution in [1.29, 1.82) is 0 Å². The molecule has 7 aromatic carbocycles. The number of aromatic nitrogens is 4. The molecule has 0 saturated carbocycles. The van der Waals surface area contributed by atoms with Crippen molar-refractivity contribution in [2.45, 2.75) is 0 Å². The molecule has 4 heteroatoms. The van der Waals surface area contributed by atoms with Crippen molar-refractivity contribution in [3.63, 3.8) is 0 Å². The van der Waals surface area contributed by atoms with Crippen LogP contribution in [0.25, 0.3) is 93.7 Å². The molecule has 4 aromatic heterocycles. The van der Waals surface area contributed by atoms with E-state index in [2.05, 4.69) is 22.8 Å². The van der Waals surface area contributed by atoms with E-state index in [0.29, 0.717) is 33.1 Å². The number of para-hydroxylation sites is 6. The molecule has 0 aliphatic carbocycles. The van der Waals surface area contributed by atoms with E-state index >= 15 is 0 Å². The van der Waals surface area contributed by atoms with Gasteiger partial charge in [-0.15, -0.1) is 0 Å². The predicted molar refractivity (Wildman–Crippen MR) is 213 cm³/mol. The molecule has 0 aliphatic heterocycles. The van der Waals surface area contributed by atoms with E-state index in [1.807, 2.05) is 118 Å². The molecule has 0 radical (unpaired) electrons. The number of hydrogen-bond acceptors (Lipinski definition) is 1. The summed E-state index contributed by atoms with van der Waals surface area (Å²) in [5.41, 5.74) is 8.06. The zero-order chi connectivity index (χ0) is 40.4. The first-order valence-electron chi connectivity index (χ1n) is 20.7. The van der Waals surface area contributed by atoms with Gasteiger partial charge in [-0.25, -0.2) is 4.98 Å². The first kappa shape index (κ1) is 21.2. The highest BCUT2D eigenvalue weighted by Crippen LogP contribution is 2.39. The maximum atomic E-state index is 9.03. The molecule has 4 nitrogen and oxygen atoms in total. The van der Waals surface area contributed by atoms with Crippen LogP contribution < -0.4 is 0 Å². The van der Waals surface area contributed by atoms with Crippen LogP contribution in [0.2, 0.25) is 0 Å². The van der Waals surface area contributed by atoms with E-state index in [9.17, 15) is 0 Å². The Hall–Kier alpha value is -6.91. The Labute approximate surface area is 304 Å². The molecule has 4 heterocycles. The molecule has 0 bridgehead atoms. The third-order valence-electron chi connectivity index (χ3n) is 9.93. The minimum Gasteiger partial charge on any atom is -0.309 e. The second-order valence-corrected chi connectivity index (χ2v) is 12.6. The summed E-state index contributed by atoms with van der Waals surface area (Å²) in [4.78, 5) is 5.09. The Bertz CT molecular complexity index is 3620. The lowest BCUT2D eigenvalue weighted by Crippen LogP contribution is -1.99. The van der Waals surface area contributed by atoms with Gasteiger partial charge in [-0.2, -0.15) is 0 Å². The summed E-state index contributed by atoms with van der Waals surface area (Å²) in [5.74, 6) is 0. The molecular formula is C47H30N4. The molecule has 0 saturated heterocycles. The molecule has 0 spiro atoms. The van der Waals surface area contributed by atoms with Crippen LogP contribution in [0.15, 0.2) is 182 Å². The molecule has 0 N–H and O–H groups in total. The van der Waals surface area contributed by atoms with Gasteiger partial charge >= 0.3 is 0 Å². The third kappa shape index (κ3) is 4.05. The summed E-state index contributed by atoms with van der Waals surface area (Å²) in [6.07, 6.45) is 1.76. The lowest BCUT2D eigenvalue weighted by molar-refractivity contribution is 1.11. The Morgan fingerprint density at radius 2 is 0.980 bits per heavy atom. The van der Waals surface area contributed by atoms with Crippen molar-refractivity contribution in [3.8, 4) is 28.2 Å². The Morgan fingerprint density at radius 1 is 0.412 bits per heavy atom. The summed E-state index contributed by atoms with van der Waals surface area (Å²) in [5, 5.41) is 4.25. The van der Waals surface area contributed by atoms with Crippen LogP contribution in [0, 0.1) is 0 Å². The van der Waals surface area contributed by atoms with E-state index in [0.717, 1.165) is 60.6 Å². The van der Waals surface area contributed by atoms with Crippen LogP contribution >= 0.6 is 0 Å². The van der Waals surface area contributed by atoms with Crippen LogP contribution in [-0.4, -0.2) is 18.7 Å². The van der Waals surface area contributed by atoms with Gasteiger partial charge in [0, 0.05) is 43.6 Å². The van der Waals surface area contributed by atoms with Gasteiger partial charge in [-0.3, -0.25) is 4.57 Å². The lowest BCUT2D eigenvalue weighted by atomic mass is 10.0. The van der Waals surface area contributed by atoms with Gasteiger partial charge in [0.2, 0.25) is 0 Å². The number of hydrogen-bond donors (Lipinski definition) is 0. The fourth-order valence-electron chi connectivity index (χ4n) is 7.80. The summed E-state index contributed by atoms with van der Waals surface area (Å²) < 4.78 is 75.5. The van der Waals surface area contributed by atoms with Crippen LogP contribution in [0.1, 0.15) is 11.0 Å². The highest BCUT2D eigenvalue weighted by molar-refractivity contribution is 6.12. The smallest absolute Gasteiger partial charge is 0.145 e. The fraction of sp³-hybridized carbons (Fsp3) is 0. The van der Waals surface area contributed by atoms with Crippen LogP contribution in [0.5, 0.6) is 0 Å². The fourth-order valence-corrected chi connectivity index (χ4v) is 7.80. The summed E-state index contributed by atoms with van der Waals surface area (Å²) in [6, 6.07) is 40.0. The van der Waals surface area contributed by atoms with Crippen molar-refractivity contribution in [3.05, 3.63) is 182 Å². The highest BCUT2D eigenvalue weighted by atomic mass is 15.1. The standard InChI is InChI=1S/C47H30N4/c1-7-22-41(51-45-26-11-4-19-37(45)38-20-5-12-27-46(38)51)34(16-1)31-14-13-15-32(28-31)50-44-25-10-6-21-39(44)40-29-33(30-48-47(40)50)49-42-23-8-2-17-35(42)36-18-3-9-24-43(36)49/h1-30H/i2D,4D,8D,11D,17D,19D,23D,26D. The molecule has 0 unspecified atom stereocenters. The quantitative estimate of drug-likeness (QED) is 0.185. The minimum absolute atomic E-state index is 0.0694. The van der Waals surface area contributed by atoms with Gasteiger partial charge in [0.1, 0.15) is 5.65 Å². The van der Waals surface area contributed by atoms with Crippen LogP contribution in [0.4, 0.5) is 0 Å². The van der Waals surface area contributed by atoms with Gasteiger partial charge < -0.3 is 9.13 Å². The number of pyridine rings is 1. The average molecular weight is 659 g/mol. The van der Waals surface area contributed by atoms with Gasteiger partial charge in [0.05, 0.1) is 56.1 Å². The molecule has 0 aliphatic rings. The second kappa shape index (κ2) is 10.8. The molecule has 0 amide bonds. The second-order valence-electron chi connectivity index (χ2n) is 12.6. The monoisotopic (exact) mass is 658 g/mol. The van der Waals surface area contributed by atoms with Crippen molar-refractivity contribution >= 4 is 65.5 Å². The molecule has 0 fully saturated rings. The third-order valence-corrected chi connectivity index (χ3v) is 9.93. The van der Waals surface area contributed by atoms with E-state index < -0.39 is 0 Å². The van der Waals surface area contributed by atoms with E-state index in [1.54, 1.807) is 6.20 Å². The van der Waals surface area contributed by atoms with Crippen molar-refractivity contribution in [2.75, 3.05) is 0 Å². The van der Waals surface area contributed by atoms with Crippen molar-refractivity contribution in [1.82, 2.24) is 18.7 Å². The van der Waals surface area contributed by atoms with E-state index in [-0.39, 0.29) is 48.3 Å². The first-order valence-corrected chi connectivity index (χ1v) is 16.7. The van der Waals surface area contributed by atoms with Crippen LogP contribution in [0.3, 0.4) is 0 Å². The van der Waals surface area contributed by atoms with Crippen molar-refractivity contribution < 1.29 is 11.0 Å². The number of benzene rings is 7. The molecule has 11 aromatic rings. The summed E-state index contributed by atoms with van der Waals surface area (Å²) in [7, 11) is 0. The maximum absolute atomic E-state index is 9.03. The van der Waals surface area contributed by atoms with Gasteiger partial charge in [-0.1, -0.05) is 121 Å². The topological polar surface area (TPSA) is 27.7 Å². The zero-order valence-corrected chi connectivity index (χ0v) is 27.0.